The van der Waals surface area contributed by atoms with E-state index in [1.807, 2.05) is 55.4 Å². The van der Waals surface area contributed by atoms with E-state index < -0.39 is 0 Å². The second-order valence-corrected chi connectivity index (χ2v) is 6.59. The number of fused-ring (bicyclic) bond motifs is 1. The van der Waals surface area contributed by atoms with E-state index in [2.05, 4.69) is 34.5 Å². The predicted molar refractivity (Wildman–Crippen MR) is 102 cm³/mol. The van der Waals surface area contributed by atoms with Gasteiger partial charge in [-0.3, -0.25) is 4.79 Å². The number of hydrogen-bond acceptors (Lipinski definition) is 4. The molecule has 0 saturated carbocycles. The number of rotatable bonds is 4. The summed E-state index contributed by atoms with van der Waals surface area (Å²) in [7, 11) is 4.02. The highest BCUT2D eigenvalue weighted by Crippen LogP contribution is 2.34. The Kier molecular flexibility index (Phi) is 4.13. The molecule has 0 bridgehead atoms. The molecule has 1 aliphatic heterocycles. The van der Waals surface area contributed by atoms with Crippen molar-refractivity contribution < 1.29 is 9.21 Å². The zero-order valence-electron chi connectivity index (χ0n) is 14.8. The Labute approximate surface area is 152 Å². The van der Waals surface area contributed by atoms with Gasteiger partial charge in [-0.2, -0.15) is 0 Å². The molecule has 1 aromatic heterocycles. The summed E-state index contributed by atoms with van der Waals surface area (Å²) < 4.78 is 5.48. The molecule has 1 unspecified atom stereocenters. The van der Waals surface area contributed by atoms with Gasteiger partial charge in [-0.15, -0.1) is 0 Å². The number of furan rings is 1. The number of nitrogens with zero attached hydrogens (tertiary/aromatic N) is 2. The highest BCUT2D eigenvalue weighted by molar-refractivity contribution is 6.01. The lowest BCUT2D eigenvalue weighted by Crippen LogP contribution is -2.42. The van der Waals surface area contributed by atoms with Crippen molar-refractivity contribution in [2.75, 3.05) is 24.3 Å². The molecule has 0 fully saturated rings. The standard InChI is InChI=1S/C21H21N3O2/c1-23(2)16-11-9-15(10-12-16)20-22-19-8-4-3-7-18(19)21(25)24(20)14-17-6-5-13-26-17/h3-13,20,22H,14H2,1-2H3. The maximum atomic E-state index is 13.1. The zero-order chi connectivity index (χ0) is 18.1. The van der Waals surface area contributed by atoms with E-state index in [1.165, 1.54) is 0 Å². The minimum Gasteiger partial charge on any atom is -0.467 e. The van der Waals surface area contributed by atoms with Crippen molar-refractivity contribution >= 4 is 17.3 Å². The summed E-state index contributed by atoms with van der Waals surface area (Å²) in [5.41, 5.74) is 3.69. The molecule has 1 amide bonds. The monoisotopic (exact) mass is 347 g/mol. The molecule has 0 aliphatic carbocycles. The highest BCUT2D eigenvalue weighted by Gasteiger charge is 2.33. The number of anilines is 2. The summed E-state index contributed by atoms with van der Waals surface area (Å²) in [4.78, 5) is 17.0. The van der Waals surface area contributed by atoms with Crippen molar-refractivity contribution in [1.82, 2.24) is 4.90 Å². The lowest BCUT2D eigenvalue weighted by atomic mass is 10.0. The summed E-state index contributed by atoms with van der Waals surface area (Å²) in [5, 5.41) is 3.50. The Morgan fingerprint density at radius 3 is 2.50 bits per heavy atom. The van der Waals surface area contributed by atoms with Crippen LogP contribution in [0.1, 0.15) is 27.8 Å². The van der Waals surface area contributed by atoms with Crippen molar-refractivity contribution in [3.05, 3.63) is 83.8 Å². The van der Waals surface area contributed by atoms with Crippen LogP contribution in [-0.4, -0.2) is 24.9 Å². The Bertz CT molecular complexity index is 901. The molecule has 1 atom stereocenters. The van der Waals surface area contributed by atoms with Crippen molar-refractivity contribution in [3.8, 4) is 0 Å². The van der Waals surface area contributed by atoms with Crippen LogP contribution in [0.15, 0.2) is 71.3 Å². The zero-order valence-corrected chi connectivity index (χ0v) is 14.8. The van der Waals surface area contributed by atoms with Gasteiger partial charge < -0.3 is 19.5 Å². The SMILES string of the molecule is CN(C)c1ccc(C2Nc3ccccc3C(=O)N2Cc2ccco2)cc1. The van der Waals surface area contributed by atoms with Gasteiger partial charge in [-0.1, -0.05) is 24.3 Å². The molecule has 4 rings (SSSR count). The van der Waals surface area contributed by atoms with Crippen molar-refractivity contribution in [2.45, 2.75) is 12.7 Å². The molecule has 0 spiro atoms. The normalized spacial score (nSPS) is 16.2. The smallest absolute Gasteiger partial charge is 0.258 e. The van der Waals surface area contributed by atoms with Gasteiger partial charge in [-0.25, -0.2) is 0 Å². The Morgan fingerprint density at radius 1 is 1.04 bits per heavy atom. The van der Waals surface area contributed by atoms with Crippen LogP contribution in [0.25, 0.3) is 0 Å². The van der Waals surface area contributed by atoms with Crippen LogP contribution < -0.4 is 10.2 Å². The lowest BCUT2D eigenvalue weighted by Gasteiger charge is -2.37. The van der Waals surface area contributed by atoms with Gasteiger partial charge in [0, 0.05) is 25.5 Å². The number of para-hydroxylation sites is 1. The number of benzene rings is 2. The molecule has 0 saturated heterocycles. The third-order valence-corrected chi connectivity index (χ3v) is 4.65. The average Bonchev–Trinajstić information content (AvgIpc) is 3.17. The molecule has 1 N–H and O–H groups in total. The van der Waals surface area contributed by atoms with Gasteiger partial charge in [0.1, 0.15) is 11.9 Å². The van der Waals surface area contributed by atoms with E-state index in [9.17, 15) is 4.79 Å². The predicted octanol–water partition coefficient (Wildman–Crippen LogP) is 4.11. The second kappa shape index (κ2) is 6.59. The van der Waals surface area contributed by atoms with E-state index in [0.717, 1.165) is 22.7 Å². The Morgan fingerprint density at radius 2 is 1.81 bits per heavy atom. The van der Waals surface area contributed by atoms with Crippen LogP contribution in [0.4, 0.5) is 11.4 Å². The fraction of sp³-hybridized carbons (Fsp3) is 0.190. The number of carbonyl (C=O) groups is 1. The van der Waals surface area contributed by atoms with Gasteiger partial charge in [-0.05, 0) is 42.0 Å². The van der Waals surface area contributed by atoms with E-state index in [4.69, 9.17) is 4.42 Å². The number of amides is 1. The first-order valence-electron chi connectivity index (χ1n) is 8.59. The van der Waals surface area contributed by atoms with Crippen LogP contribution in [-0.2, 0) is 6.54 Å². The van der Waals surface area contributed by atoms with E-state index in [-0.39, 0.29) is 12.1 Å². The van der Waals surface area contributed by atoms with E-state index >= 15 is 0 Å². The molecule has 5 nitrogen and oxygen atoms in total. The third-order valence-electron chi connectivity index (χ3n) is 4.65. The van der Waals surface area contributed by atoms with Crippen LogP contribution >= 0.6 is 0 Å². The topological polar surface area (TPSA) is 48.7 Å². The van der Waals surface area contributed by atoms with Gasteiger partial charge in [0.25, 0.3) is 5.91 Å². The maximum Gasteiger partial charge on any atom is 0.258 e. The van der Waals surface area contributed by atoms with Crippen LogP contribution in [0, 0.1) is 0 Å². The quantitative estimate of drug-likeness (QED) is 0.771. The van der Waals surface area contributed by atoms with Crippen LogP contribution in [0.2, 0.25) is 0 Å². The minimum atomic E-state index is -0.251. The number of nitrogens with one attached hydrogen (secondary N) is 1. The summed E-state index contributed by atoms with van der Waals surface area (Å²) in [6.07, 6.45) is 1.38. The molecule has 2 aromatic carbocycles. The lowest BCUT2D eigenvalue weighted by molar-refractivity contribution is 0.0651. The fourth-order valence-corrected chi connectivity index (χ4v) is 3.24. The Hall–Kier alpha value is -3.21. The van der Waals surface area contributed by atoms with Gasteiger partial charge in [0.15, 0.2) is 0 Å². The van der Waals surface area contributed by atoms with Crippen molar-refractivity contribution in [3.63, 3.8) is 0 Å². The largest absolute Gasteiger partial charge is 0.467 e. The summed E-state index contributed by atoms with van der Waals surface area (Å²) >= 11 is 0. The molecule has 1 aliphatic rings. The molecular weight excluding hydrogens is 326 g/mol. The first kappa shape index (κ1) is 16.3. The molecular formula is C21H21N3O2. The summed E-state index contributed by atoms with van der Waals surface area (Å²) in [6, 6.07) is 19.6. The molecule has 132 valence electrons. The average molecular weight is 347 g/mol. The molecule has 5 heteroatoms. The fourth-order valence-electron chi connectivity index (χ4n) is 3.24. The van der Waals surface area contributed by atoms with E-state index in [0.29, 0.717) is 12.1 Å². The van der Waals surface area contributed by atoms with Crippen molar-refractivity contribution in [1.29, 1.82) is 0 Å². The number of carbonyl (C=O) groups excluding carboxylic acids is 1. The van der Waals surface area contributed by atoms with E-state index in [1.54, 1.807) is 6.26 Å². The summed E-state index contributed by atoms with van der Waals surface area (Å²) in [6.45, 7) is 0.410. The maximum absolute atomic E-state index is 13.1. The molecule has 2 heterocycles. The van der Waals surface area contributed by atoms with Crippen molar-refractivity contribution in [2.24, 2.45) is 0 Å². The third kappa shape index (κ3) is 2.92. The molecule has 3 aromatic rings. The first-order chi connectivity index (χ1) is 12.6. The van der Waals surface area contributed by atoms with Gasteiger partial charge in [0.05, 0.1) is 18.4 Å². The van der Waals surface area contributed by atoms with Gasteiger partial charge >= 0.3 is 0 Å². The van der Waals surface area contributed by atoms with Crippen LogP contribution in [0.3, 0.4) is 0 Å². The number of hydrogen-bond donors (Lipinski definition) is 1. The Balaban J connectivity index is 1.73. The molecule has 0 radical (unpaired) electrons. The van der Waals surface area contributed by atoms with Crippen LogP contribution in [0.5, 0.6) is 0 Å². The summed E-state index contributed by atoms with van der Waals surface area (Å²) in [5.74, 6) is 0.756. The highest BCUT2D eigenvalue weighted by atomic mass is 16.3. The first-order valence-corrected chi connectivity index (χ1v) is 8.59. The van der Waals surface area contributed by atoms with Gasteiger partial charge in [0.2, 0.25) is 0 Å². The minimum absolute atomic E-state index is 0.00237. The molecule has 26 heavy (non-hydrogen) atoms. The second-order valence-electron chi connectivity index (χ2n) is 6.59.